The maximum Gasteiger partial charge on any atom is 0.260 e. The van der Waals surface area contributed by atoms with E-state index in [1.807, 2.05) is 0 Å². The Morgan fingerprint density at radius 3 is 2.81 bits per heavy atom. The van der Waals surface area contributed by atoms with Gasteiger partial charge in [-0.1, -0.05) is 19.1 Å². The summed E-state index contributed by atoms with van der Waals surface area (Å²) in [5, 5.41) is 0.0808. The summed E-state index contributed by atoms with van der Waals surface area (Å²) in [7, 11) is -3.50. The fourth-order valence-electron chi connectivity index (χ4n) is 1.21. The molecule has 0 fully saturated rings. The molecule has 0 aliphatic heterocycles. The lowest BCUT2D eigenvalue weighted by molar-refractivity contribution is 0.435. The molecule has 90 valence electrons. The van der Waals surface area contributed by atoms with E-state index in [1.165, 1.54) is 16.8 Å². The van der Waals surface area contributed by atoms with E-state index in [-0.39, 0.29) is 11.6 Å². The van der Waals surface area contributed by atoms with Gasteiger partial charge in [-0.2, -0.15) is 4.31 Å². The van der Waals surface area contributed by atoms with Crippen LogP contribution in [0, 0.1) is 0 Å². The van der Waals surface area contributed by atoms with Crippen molar-refractivity contribution in [2.75, 3.05) is 13.1 Å². The molecule has 0 bridgehead atoms. The molecule has 0 atom stereocenters. The highest BCUT2D eigenvalue weighted by Gasteiger charge is 2.23. The number of H-pyrrole nitrogens is 1. The average Bonchev–Trinajstić information content (AvgIpc) is 2.70. The van der Waals surface area contributed by atoms with Crippen molar-refractivity contribution in [1.82, 2.24) is 14.3 Å². The summed E-state index contributed by atoms with van der Waals surface area (Å²) in [5.74, 6) is 0. The lowest BCUT2D eigenvalue weighted by atomic mass is 10.4. The molecule has 1 aromatic heterocycles. The van der Waals surface area contributed by atoms with Crippen LogP contribution in [0.4, 0.5) is 0 Å². The topological polar surface area (TPSA) is 92.1 Å². The molecule has 0 saturated carbocycles. The largest absolute Gasteiger partial charge is 0.393 e. The molecule has 0 amide bonds. The fourth-order valence-corrected chi connectivity index (χ4v) is 2.64. The quantitative estimate of drug-likeness (QED) is 0.709. The number of nitrogens with one attached hydrogen (secondary N) is 1. The van der Waals surface area contributed by atoms with E-state index in [2.05, 4.69) is 9.97 Å². The summed E-state index contributed by atoms with van der Waals surface area (Å²) in [6.07, 6.45) is 2.98. The third-order valence-corrected chi connectivity index (χ3v) is 4.16. The van der Waals surface area contributed by atoms with E-state index in [9.17, 15) is 8.42 Å². The summed E-state index contributed by atoms with van der Waals surface area (Å²) >= 11 is 4.72. The predicted octanol–water partition coefficient (Wildman–Crippen LogP) is 0.0965. The molecule has 0 spiro atoms. The van der Waals surface area contributed by atoms with Gasteiger partial charge in [-0.15, -0.1) is 0 Å². The van der Waals surface area contributed by atoms with Crippen molar-refractivity contribution in [3.8, 4) is 0 Å². The number of imidazole rings is 1. The third kappa shape index (κ3) is 3.00. The van der Waals surface area contributed by atoms with Crippen LogP contribution in [0.2, 0.25) is 0 Å². The Bertz CT molecular complexity index is 441. The molecule has 0 saturated heterocycles. The number of rotatable bonds is 6. The van der Waals surface area contributed by atoms with Gasteiger partial charge in [-0.3, -0.25) is 0 Å². The van der Waals surface area contributed by atoms with Crippen molar-refractivity contribution in [3.63, 3.8) is 0 Å². The molecule has 6 nitrogen and oxygen atoms in total. The Labute approximate surface area is 99.9 Å². The highest BCUT2D eigenvalue weighted by molar-refractivity contribution is 7.89. The van der Waals surface area contributed by atoms with E-state index in [0.29, 0.717) is 18.0 Å². The van der Waals surface area contributed by atoms with Gasteiger partial charge in [0.2, 0.25) is 0 Å². The van der Waals surface area contributed by atoms with E-state index in [0.717, 1.165) is 0 Å². The van der Waals surface area contributed by atoms with Gasteiger partial charge >= 0.3 is 0 Å². The first kappa shape index (κ1) is 13.1. The molecule has 0 radical (unpaired) electrons. The number of sulfonamides is 1. The van der Waals surface area contributed by atoms with Gasteiger partial charge in [0, 0.05) is 19.5 Å². The molecule has 1 heterocycles. The van der Waals surface area contributed by atoms with Crippen LogP contribution in [0.3, 0.4) is 0 Å². The van der Waals surface area contributed by atoms with E-state index in [4.69, 9.17) is 18.0 Å². The zero-order chi connectivity index (χ0) is 12.2. The van der Waals surface area contributed by atoms with Gasteiger partial charge in [0.05, 0.1) is 17.5 Å². The first-order valence-electron chi connectivity index (χ1n) is 4.75. The molecule has 3 N–H and O–H groups in total. The number of hydrogen-bond acceptors (Lipinski definition) is 4. The van der Waals surface area contributed by atoms with Crippen LogP contribution in [0.25, 0.3) is 0 Å². The zero-order valence-corrected chi connectivity index (χ0v) is 10.5. The normalized spacial score (nSPS) is 11.9. The predicted molar refractivity (Wildman–Crippen MR) is 64.4 cm³/mol. The minimum absolute atomic E-state index is 0.0808. The summed E-state index contributed by atoms with van der Waals surface area (Å²) in [5.41, 5.74) is 5.35. The zero-order valence-electron chi connectivity index (χ0n) is 8.88. The molecule has 0 aromatic carbocycles. The van der Waals surface area contributed by atoms with Crippen molar-refractivity contribution in [2.24, 2.45) is 5.73 Å². The molecule has 0 unspecified atom stereocenters. The number of aromatic amines is 1. The Kier molecular flexibility index (Phi) is 4.39. The minimum Gasteiger partial charge on any atom is -0.393 e. The Morgan fingerprint density at radius 1 is 1.69 bits per heavy atom. The summed E-state index contributed by atoms with van der Waals surface area (Å²) in [6, 6.07) is 0. The van der Waals surface area contributed by atoms with E-state index < -0.39 is 10.0 Å². The number of aromatic nitrogens is 2. The number of hydrogen-bond donors (Lipinski definition) is 2. The smallest absolute Gasteiger partial charge is 0.260 e. The molecule has 0 aliphatic rings. The molecule has 0 aliphatic carbocycles. The van der Waals surface area contributed by atoms with Crippen molar-refractivity contribution in [3.05, 3.63) is 12.5 Å². The summed E-state index contributed by atoms with van der Waals surface area (Å²) < 4.78 is 25.3. The van der Waals surface area contributed by atoms with Gasteiger partial charge in [0.1, 0.15) is 0 Å². The van der Waals surface area contributed by atoms with Crippen LogP contribution in [0.1, 0.15) is 13.3 Å². The van der Waals surface area contributed by atoms with Gasteiger partial charge in [0.25, 0.3) is 10.0 Å². The number of thiocarbonyl (C=S) groups is 1. The van der Waals surface area contributed by atoms with Gasteiger partial charge in [-0.25, -0.2) is 13.4 Å². The van der Waals surface area contributed by atoms with Crippen LogP contribution in [0.5, 0.6) is 0 Å². The number of nitrogens with zero attached hydrogens (tertiary/aromatic N) is 2. The second-order valence-corrected chi connectivity index (χ2v) is 5.56. The van der Waals surface area contributed by atoms with Crippen molar-refractivity contribution in [2.45, 2.75) is 18.4 Å². The standard InChI is InChI=1S/C8H14N4O2S2/c1-2-12(4-3-7(9)15)16(13,14)8-5-10-6-11-8/h5-6H,2-4H2,1H3,(H2,9,15)(H,10,11). The Balaban J connectivity index is 2.84. The lowest BCUT2D eigenvalue weighted by Crippen LogP contribution is -2.33. The van der Waals surface area contributed by atoms with Crippen LogP contribution < -0.4 is 5.73 Å². The summed E-state index contributed by atoms with van der Waals surface area (Å²) in [6.45, 7) is 2.41. The third-order valence-electron chi connectivity index (χ3n) is 2.05. The summed E-state index contributed by atoms with van der Waals surface area (Å²) in [4.78, 5) is 6.57. The van der Waals surface area contributed by atoms with Gasteiger partial charge in [0.15, 0.2) is 5.03 Å². The molecular weight excluding hydrogens is 248 g/mol. The molecular formula is C8H14N4O2S2. The second kappa shape index (κ2) is 5.37. The maximum absolute atomic E-state index is 12.0. The average molecular weight is 262 g/mol. The van der Waals surface area contributed by atoms with Crippen LogP contribution in [0.15, 0.2) is 17.6 Å². The van der Waals surface area contributed by atoms with Crippen LogP contribution >= 0.6 is 12.2 Å². The maximum atomic E-state index is 12.0. The monoisotopic (exact) mass is 262 g/mol. The molecule has 1 aromatic rings. The highest BCUT2D eigenvalue weighted by Crippen LogP contribution is 2.11. The Morgan fingerprint density at radius 2 is 2.38 bits per heavy atom. The first-order valence-corrected chi connectivity index (χ1v) is 6.60. The van der Waals surface area contributed by atoms with Crippen LogP contribution in [-0.4, -0.2) is 40.8 Å². The minimum atomic E-state index is -3.50. The Hall–Kier alpha value is -0.990. The SMILES string of the molecule is CCN(CCC(N)=S)S(=O)(=O)c1cnc[nH]1. The van der Waals surface area contributed by atoms with E-state index >= 15 is 0 Å². The van der Waals surface area contributed by atoms with Gasteiger partial charge < -0.3 is 10.7 Å². The van der Waals surface area contributed by atoms with Crippen molar-refractivity contribution < 1.29 is 8.42 Å². The number of nitrogens with two attached hydrogens (primary N) is 1. The highest BCUT2D eigenvalue weighted by atomic mass is 32.2. The van der Waals surface area contributed by atoms with E-state index in [1.54, 1.807) is 6.92 Å². The first-order chi connectivity index (χ1) is 7.48. The van der Waals surface area contributed by atoms with Gasteiger partial charge in [-0.05, 0) is 0 Å². The molecule has 8 heteroatoms. The second-order valence-electron chi connectivity index (χ2n) is 3.13. The van der Waals surface area contributed by atoms with Crippen LogP contribution in [-0.2, 0) is 10.0 Å². The lowest BCUT2D eigenvalue weighted by Gasteiger charge is -2.18. The van der Waals surface area contributed by atoms with Crippen molar-refractivity contribution in [1.29, 1.82) is 0 Å². The molecule has 16 heavy (non-hydrogen) atoms. The fraction of sp³-hybridized carbons (Fsp3) is 0.500. The van der Waals surface area contributed by atoms with Crippen molar-refractivity contribution >= 4 is 27.2 Å². The molecule has 1 rings (SSSR count).